The van der Waals surface area contributed by atoms with Crippen molar-refractivity contribution in [3.05, 3.63) is 17.5 Å². The molecule has 18 heavy (non-hydrogen) atoms. The normalized spacial score (nSPS) is 30.4. The maximum atomic E-state index is 10.6. The van der Waals surface area contributed by atoms with Crippen molar-refractivity contribution in [2.45, 2.75) is 59.6 Å². The predicted molar refractivity (Wildman–Crippen MR) is 73.3 cm³/mol. The highest BCUT2D eigenvalue weighted by molar-refractivity contribution is 5.13. The lowest BCUT2D eigenvalue weighted by Crippen LogP contribution is -2.26. The lowest BCUT2D eigenvalue weighted by atomic mass is 9.73. The van der Waals surface area contributed by atoms with Gasteiger partial charge in [0.05, 0.1) is 17.5 Å². The van der Waals surface area contributed by atoms with Gasteiger partial charge in [-0.15, -0.1) is 0 Å². The van der Waals surface area contributed by atoms with E-state index in [0.29, 0.717) is 5.92 Å². The zero-order valence-corrected chi connectivity index (χ0v) is 12.1. The highest BCUT2D eigenvalue weighted by Gasteiger charge is 2.31. The molecule has 1 saturated carbocycles. The molecule has 0 radical (unpaired) electrons. The van der Waals surface area contributed by atoms with Crippen molar-refractivity contribution in [2.24, 2.45) is 17.8 Å². The molecule has 4 atom stereocenters. The molecular weight excluding hydrogens is 224 g/mol. The molecule has 1 N–H and O–H groups in total. The molecule has 1 heterocycles. The Morgan fingerprint density at radius 3 is 2.72 bits per heavy atom. The van der Waals surface area contributed by atoms with Crippen LogP contribution < -0.4 is 0 Å². The second-order valence-corrected chi connectivity index (χ2v) is 6.00. The molecule has 102 valence electrons. The molecule has 4 unspecified atom stereocenters. The average Bonchev–Trinajstić information content (AvgIpc) is 2.73. The standard InChI is InChI=1S/C15H26N2O/c1-5-17-14(9-12(4)16-17)15(18)13-7-6-10(2)11(3)8-13/h9-11,13,15,18H,5-8H2,1-4H3. The summed E-state index contributed by atoms with van der Waals surface area (Å²) in [4.78, 5) is 0. The maximum absolute atomic E-state index is 10.6. The summed E-state index contributed by atoms with van der Waals surface area (Å²) in [7, 11) is 0. The van der Waals surface area contributed by atoms with Gasteiger partial charge >= 0.3 is 0 Å². The molecular formula is C15H26N2O. The summed E-state index contributed by atoms with van der Waals surface area (Å²) in [6, 6.07) is 2.04. The first-order chi connectivity index (χ1) is 8.52. The second kappa shape index (κ2) is 5.43. The van der Waals surface area contributed by atoms with E-state index in [9.17, 15) is 5.11 Å². The Hall–Kier alpha value is -0.830. The van der Waals surface area contributed by atoms with Gasteiger partial charge in [-0.2, -0.15) is 5.10 Å². The van der Waals surface area contributed by atoms with Crippen LogP contribution in [0.4, 0.5) is 0 Å². The third-order valence-electron chi connectivity index (χ3n) is 4.62. The summed E-state index contributed by atoms with van der Waals surface area (Å²) in [5, 5.41) is 15.0. The van der Waals surface area contributed by atoms with E-state index in [1.807, 2.05) is 17.7 Å². The largest absolute Gasteiger partial charge is 0.387 e. The van der Waals surface area contributed by atoms with Crippen LogP contribution in [-0.2, 0) is 6.54 Å². The van der Waals surface area contributed by atoms with Crippen molar-refractivity contribution >= 4 is 0 Å². The van der Waals surface area contributed by atoms with Gasteiger partial charge in [0.2, 0.25) is 0 Å². The van der Waals surface area contributed by atoms with E-state index in [0.717, 1.165) is 42.6 Å². The quantitative estimate of drug-likeness (QED) is 0.893. The summed E-state index contributed by atoms with van der Waals surface area (Å²) >= 11 is 0. The smallest absolute Gasteiger partial charge is 0.0984 e. The van der Waals surface area contributed by atoms with E-state index in [4.69, 9.17) is 0 Å². The maximum Gasteiger partial charge on any atom is 0.0984 e. The number of aryl methyl sites for hydroxylation is 2. The van der Waals surface area contributed by atoms with Crippen LogP contribution in [0.15, 0.2) is 6.07 Å². The minimum Gasteiger partial charge on any atom is -0.387 e. The van der Waals surface area contributed by atoms with Crippen molar-refractivity contribution in [1.29, 1.82) is 0 Å². The molecule has 1 fully saturated rings. The van der Waals surface area contributed by atoms with Crippen LogP contribution in [0.5, 0.6) is 0 Å². The molecule has 0 aromatic carbocycles. The van der Waals surface area contributed by atoms with Crippen LogP contribution in [-0.4, -0.2) is 14.9 Å². The molecule has 1 aromatic heterocycles. The second-order valence-electron chi connectivity index (χ2n) is 6.00. The predicted octanol–water partition coefficient (Wildman–Crippen LogP) is 3.32. The molecule has 1 aromatic rings. The van der Waals surface area contributed by atoms with Gasteiger partial charge in [-0.05, 0) is 50.5 Å². The Kier molecular flexibility index (Phi) is 4.10. The summed E-state index contributed by atoms with van der Waals surface area (Å²) in [5.41, 5.74) is 2.00. The van der Waals surface area contributed by atoms with E-state index in [2.05, 4.69) is 25.9 Å². The fourth-order valence-corrected chi connectivity index (χ4v) is 3.17. The number of aliphatic hydroxyl groups is 1. The summed E-state index contributed by atoms with van der Waals surface area (Å²) in [6.07, 6.45) is 3.17. The highest BCUT2D eigenvalue weighted by atomic mass is 16.3. The SMILES string of the molecule is CCn1nc(C)cc1C(O)C1CCC(C)C(C)C1. The van der Waals surface area contributed by atoms with E-state index >= 15 is 0 Å². The van der Waals surface area contributed by atoms with Gasteiger partial charge in [0, 0.05) is 6.54 Å². The summed E-state index contributed by atoms with van der Waals surface area (Å²) in [6.45, 7) is 9.54. The fourth-order valence-electron chi connectivity index (χ4n) is 3.17. The van der Waals surface area contributed by atoms with Crippen LogP contribution >= 0.6 is 0 Å². The molecule has 0 spiro atoms. The Balaban J connectivity index is 2.13. The first-order valence-corrected chi connectivity index (χ1v) is 7.25. The lowest BCUT2D eigenvalue weighted by molar-refractivity contribution is 0.0499. The van der Waals surface area contributed by atoms with Crippen molar-refractivity contribution in [3.8, 4) is 0 Å². The van der Waals surface area contributed by atoms with Gasteiger partial charge in [-0.3, -0.25) is 4.68 Å². The number of hydrogen-bond acceptors (Lipinski definition) is 2. The zero-order chi connectivity index (χ0) is 13.3. The summed E-state index contributed by atoms with van der Waals surface area (Å²) < 4.78 is 1.95. The van der Waals surface area contributed by atoms with E-state index in [1.165, 1.54) is 6.42 Å². The van der Waals surface area contributed by atoms with Gasteiger partial charge < -0.3 is 5.11 Å². The molecule has 0 bridgehead atoms. The molecule has 3 nitrogen and oxygen atoms in total. The Labute approximate surface area is 110 Å². The van der Waals surface area contributed by atoms with Gasteiger partial charge in [-0.25, -0.2) is 0 Å². The molecule has 1 aliphatic carbocycles. The van der Waals surface area contributed by atoms with Gasteiger partial charge in [0.15, 0.2) is 0 Å². The number of hydrogen-bond donors (Lipinski definition) is 1. The van der Waals surface area contributed by atoms with Crippen molar-refractivity contribution in [1.82, 2.24) is 9.78 Å². The van der Waals surface area contributed by atoms with Gasteiger partial charge in [-0.1, -0.05) is 20.3 Å². The number of aromatic nitrogens is 2. The van der Waals surface area contributed by atoms with Crippen LogP contribution in [0.1, 0.15) is 57.5 Å². The Morgan fingerprint density at radius 1 is 1.39 bits per heavy atom. The van der Waals surface area contributed by atoms with Crippen LogP contribution in [0.25, 0.3) is 0 Å². The monoisotopic (exact) mass is 250 g/mol. The van der Waals surface area contributed by atoms with Crippen LogP contribution in [0.2, 0.25) is 0 Å². The molecule has 0 aliphatic heterocycles. The Bertz CT molecular complexity index is 399. The number of aliphatic hydroxyl groups excluding tert-OH is 1. The number of nitrogens with zero attached hydrogens (tertiary/aromatic N) is 2. The first kappa shape index (κ1) is 13.6. The van der Waals surface area contributed by atoms with E-state index in [-0.39, 0.29) is 6.10 Å². The van der Waals surface area contributed by atoms with E-state index in [1.54, 1.807) is 0 Å². The third-order valence-corrected chi connectivity index (χ3v) is 4.62. The van der Waals surface area contributed by atoms with Crippen LogP contribution in [0.3, 0.4) is 0 Å². The third kappa shape index (κ3) is 2.61. The number of rotatable bonds is 3. The average molecular weight is 250 g/mol. The highest BCUT2D eigenvalue weighted by Crippen LogP contribution is 2.39. The molecule has 0 saturated heterocycles. The molecule has 3 heteroatoms. The first-order valence-electron chi connectivity index (χ1n) is 7.25. The van der Waals surface area contributed by atoms with Gasteiger partial charge in [0.25, 0.3) is 0 Å². The van der Waals surface area contributed by atoms with Crippen molar-refractivity contribution < 1.29 is 5.11 Å². The molecule has 1 aliphatic rings. The topological polar surface area (TPSA) is 38.0 Å². The zero-order valence-electron chi connectivity index (χ0n) is 12.1. The lowest BCUT2D eigenvalue weighted by Gasteiger charge is -2.34. The van der Waals surface area contributed by atoms with Crippen LogP contribution in [0, 0.1) is 24.7 Å². The minimum atomic E-state index is -0.346. The van der Waals surface area contributed by atoms with Crippen molar-refractivity contribution in [2.75, 3.05) is 0 Å². The Morgan fingerprint density at radius 2 is 2.11 bits per heavy atom. The molecule has 0 amide bonds. The fraction of sp³-hybridized carbons (Fsp3) is 0.800. The minimum absolute atomic E-state index is 0.346. The summed E-state index contributed by atoms with van der Waals surface area (Å²) in [5.74, 6) is 1.92. The van der Waals surface area contributed by atoms with E-state index < -0.39 is 0 Å². The molecule has 2 rings (SSSR count). The van der Waals surface area contributed by atoms with Gasteiger partial charge in [0.1, 0.15) is 0 Å². The van der Waals surface area contributed by atoms with Crippen molar-refractivity contribution in [3.63, 3.8) is 0 Å².